The molecule has 1 aromatic heterocycles. The summed E-state index contributed by atoms with van der Waals surface area (Å²) >= 11 is 0. The maximum atomic E-state index is 12.5. The standard InChI is InChI=1S/C31H38N4O5/c1-31(2,3)40-30(37)34(4)14-15-39-22-8-6-20(7-9-22)26-17-28(24-11-10-23(38-5)16-27(24)33-26)35-18-21-12-13-32-29(36)25(21)19-35/h6-11,16-17,21,25H,12-15,18-19H2,1-5H3,(H,32,36)/t21-,25+/m1/s1. The van der Waals surface area contributed by atoms with Crippen LogP contribution in [0.2, 0.25) is 0 Å². The molecule has 3 heterocycles. The predicted molar refractivity (Wildman–Crippen MR) is 155 cm³/mol. The Labute approximate surface area is 235 Å². The topological polar surface area (TPSA) is 93.2 Å². The normalized spacial score (nSPS) is 18.7. The fourth-order valence-electron chi connectivity index (χ4n) is 5.35. The lowest BCUT2D eigenvalue weighted by Gasteiger charge is -2.24. The van der Waals surface area contributed by atoms with Crippen molar-refractivity contribution in [2.24, 2.45) is 11.8 Å². The van der Waals surface area contributed by atoms with Crippen molar-refractivity contribution in [1.29, 1.82) is 0 Å². The van der Waals surface area contributed by atoms with Gasteiger partial charge >= 0.3 is 6.09 Å². The number of pyridine rings is 1. The highest BCUT2D eigenvalue weighted by atomic mass is 16.6. The number of piperidine rings is 1. The highest BCUT2D eigenvalue weighted by molar-refractivity contribution is 5.95. The molecule has 9 heteroatoms. The lowest BCUT2D eigenvalue weighted by atomic mass is 9.89. The number of fused-ring (bicyclic) bond motifs is 2. The van der Waals surface area contributed by atoms with Crippen molar-refractivity contribution in [1.82, 2.24) is 15.2 Å². The second kappa shape index (κ2) is 11.2. The fourth-order valence-corrected chi connectivity index (χ4v) is 5.35. The van der Waals surface area contributed by atoms with Crippen LogP contribution in [0, 0.1) is 11.8 Å². The highest BCUT2D eigenvalue weighted by Crippen LogP contribution is 2.38. The van der Waals surface area contributed by atoms with Gasteiger partial charge in [0, 0.05) is 49.4 Å². The van der Waals surface area contributed by atoms with E-state index in [2.05, 4.69) is 16.3 Å². The quantitative estimate of drug-likeness (QED) is 0.458. The Balaban J connectivity index is 1.34. The number of methoxy groups -OCH3 is 1. The van der Waals surface area contributed by atoms with E-state index in [0.717, 1.165) is 53.1 Å². The average Bonchev–Trinajstić information content (AvgIpc) is 3.37. The van der Waals surface area contributed by atoms with E-state index in [0.29, 0.717) is 31.4 Å². The van der Waals surface area contributed by atoms with E-state index < -0.39 is 5.60 Å². The number of carbonyl (C=O) groups excluding carboxylic acids is 2. The summed E-state index contributed by atoms with van der Waals surface area (Å²) in [5.41, 5.74) is 3.18. The number of rotatable bonds is 7. The minimum atomic E-state index is -0.536. The average molecular weight is 547 g/mol. The second-order valence-corrected chi connectivity index (χ2v) is 11.5. The third kappa shape index (κ3) is 6.08. The van der Waals surface area contributed by atoms with Crippen LogP contribution in [0.3, 0.4) is 0 Å². The van der Waals surface area contributed by atoms with Crippen LogP contribution in [0.25, 0.3) is 22.2 Å². The molecule has 2 saturated heterocycles. The minimum Gasteiger partial charge on any atom is -0.497 e. The third-order valence-electron chi connectivity index (χ3n) is 7.48. The third-order valence-corrected chi connectivity index (χ3v) is 7.48. The number of likely N-dealkylation sites (N-methyl/N-ethyl adjacent to an activating group) is 1. The van der Waals surface area contributed by atoms with Crippen LogP contribution in [0.4, 0.5) is 10.5 Å². The summed E-state index contributed by atoms with van der Waals surface area (Å²) in [4.78, 5) is 33.5. The lowest BCUT2D eigenvalue weighted by molar-refractivity contribution is -0.127. The molecule has 40 heavy (non-hydrogen) atoms. The summed E-state index contributed by atoms with van der Waals surface area (Å²) in [6.07, 6.45) is 0.630. The molecule has 2 aliphatic rings. The largest absolute Gasteiger partial charge is 0.497 e. The van der Waals surface area contributed by atoms with Crippen molar-refractivity contribution in [3.05, 3.63) is 48.5 Å². The zero-order valence-electron chi connectivity index (χ0n) is 23.9. The first kappa shape index (κ1) is 27.6. The number of hydrogen-bond donors (Lipinski definition) is 1. The first-order valence-electron chi connectivity index (χ1n) is 13.8. The molecule has 5 rings (SSSR count). The van der Waals surface area contributed by atoms with Crippen LogP contribution in [0.15, 0.2) is 48.5 Å². The number of carbonyl (C=O) groups is 2. The van der Waals surface area contributed by atoms with Gasteiger partial charge in [0.1, 0.15) is 23.7 Å². The molecule has 0 unspecified atom stereocenters. The molecule has 2 aliphatic heterocycles. The number of nitrogens with one attached hydrogen (secondary N) is 1. The molecule has 2 fully saturated rings. The zero-order valence-corrected chi connectivity index (χ0v) is 23.9. The number of amides is 2. The molecule has 2 amide bonds. The molecule has 212 valence electrons. The number of aromatic nitrogens is 1. The van der Waals surface area contributed by atoms with Crippen LogP contribution in [0.1, 0.15) is 27.2 Å². The van der Waals surface area contributed by atoms with Crippen molar-refractivity contribution in [2.45, 2.75) is 32.8 Å². The Hall–Kier alpha value is -4.01. The van der Waals surface area contributed by atoms with Gasteiger partial charge in [0.25, 0.3) is 0 Å². The Morgan fingerprint density at radius 1 is 1.10 bits per heavy atom. The fraction of sp³-hybridized carbons (Fsp3) is 0.452. The summed E-state index contributed by atoms with van der Waals surface area (Å²) in [5, 5.41) is 4.06. The monoisotopic (exact) mass is 546 g/mol. The Morgan fingerprint density at radius 3 is 2.55 bits per heavy atom. The van der Waals surface area contributed by atoms with Crippen molar-refractivity contribution in [2.75, 3.05) is 51.8 Å². The van der Waals surface area contributed by atoms with Gasteiger partial charge in [0.15, 0.2) is 0 Å². The molecule has 2 atom stereocenters. The van der Waals surface area contributed by atoms with E-state index in [4.69, 9.17) is 19.2 Å². The van der Waals surface area contributed by atoms with E-state index >= 15 is 0 Å². The van der Waals surface area contributed by atoms with Gasteiger partial charge in [0.05, 0.1) is 30.8 Å². The summed E-state index contributed by atoms with van der Waals surface area (Å²) in [5.74, 6) is 2.00. The van der Waals surface area contributed by atoms with Crippen molar-refractivity contribution in [3.8, 4) is 22.8 Å². The number of hydrogen-bond acceptors (Lipinski definition) is 7. The molecular formula is C31H38N4O5. The van der Waals surface area contributed by atoms with Gasteiger partial charge in [-0.25, -0.2) is 9.78 Å². The van der Waals surface area contributed by atoms with E-state index in [1.54, 1.807) is 14.2 Å². The van der Waals surface area contributed by atoms with Gasteiger partial charge in [-0.05, 0) is 75.6 Å². The van der Waals surface area contributed by atoms with Crippen molar-refractivity contribution >= 4 is 28.6 Å². The summed E-state index contributed by atoms with van der Waals surface area (Å²) < 4.78 is 16.7. The van der Waals surface area contributed by atoms with Gasteiger partial charge in [-0.1, -0.05) is 0 Å². The Kier molecular flexibility index (Phi) is 7.74. The molecule has 0 bridgehead atoms. The molecule has 9 nitrogen and oxygen atoms in total. The maximum Gasteiger partial charge on any atom is 0.410 e. The number of ether oxygens (including phenoxy) is 3. The van der Waals surface area contributed by atoms with Crippen molar-refractivity contribution in [3.63, 3.8) is 0 Å². The minimum absolute atomic E-state index is 0.0180. The van der Waals surface area contributed by atoms with E-state index in [9.17, 15) is 9.59 Å². The number of anilines is 1. The molecule has 3 aromatic rings. The van der Waals surface area contributed by atoms with Crippen LogP contribution < -0.4 is 19.7 Å². The Morgan fingerprint density at radius 2 is 1.85 bits per heavy atom. The van der Waals surface area contributed by atoms with Gasteiger partial charge in [-0.3, -0.25) is 4.79 Å². The van der Waals surface area contributed by atoms with Gasteiger partial charge in [-0.15, -0.1) is 0 Å². The van der Waals surface area contributed by atoms with Crippen LogP contribution in [-0.2, 0) is 9.53 Å². The summed E-state index contributed by atoms with van der Waals surface area (Å²) in [7, 11) is 3.35. The first-order chi connectivity index (χ1) is 19.1. The number of benzene rings is 2. The SMILES string of the molecule is COc1ccc2c(N3C[C@H]4CCNC(=O)[C@H]4C3)cc(-c3ccc(OCCN(C)C(=O)OC(C)(C)C)cc3)nc2c1. The van der Waals surface area contributed by atoms with E-state index in [1.165, 1.54) is 4.90 Å². The molecule has 2 aromatic carbocycles. The summed E-state index contributed by atoms with van der Waals surface area (Å²) in [6.45, 7) is 8.59. The van der Waals surface area contributed by atoms with Gasteiger partial charge in [-0.2, -0.15) is 0 Å². The number of nitrogens with zero attached hydrogens (tertiary/aromatic N) is 3. The van der Waals surface area contributed by atoms with Crippen LogP contribution >= 0.6 is 0 Å². The molecule has 0 aliphatic carbocycles. The maximum absolute atomic E-state index is 12.5. The smallest absolute Gasteiger partial charge is 0.410 e. The predicted octanol–water partition coefficient (Wildman–Crippen LogP) is 4.73. The van der Waals surface area contributed by atoms with Gasteiger partial charge in [0.2, 0.25) is 5.91 Å². The zero-order chi connectivity index (χ0) is 28.4. The van der Waals surface area contributed by atoms with Crippen molar-refractivity contribution < 1.29 is 23.8 Å². The van der Waals surface area contributed by atoms with E-state index in [-0.39, 0.29) is 17.9 Å². The molecule has 0 spiro atoms. The second-order valence-electron chi connectivity index (χ2n) is 11.5. The molecule has 0 saturated carbocycles. The first-order valence-corrected chi connectivity index (χ1v) is 13.8. The molecule has 1 N–H and O–H groups in total. The lowest BCUT2D eigenvalue weighted by Crippen LogP contribution is -2.41. The molecular weight excluding hydrogens is 508 g/mol. The van der Waals surface area contributed by atoms with Crippen LogP contribution in [-0.4, -0.2) is 74.4 Å². The van der Waals surface area contributed by atoms with E-state index in [1.807, 2.05) is 63.2 Å². The summed E-state index contributed by atoms with van der Waals surface area (Å²) in [6, 6.07) is 15.9. The van der Waals surface area contributed by atoms with Crippen LogP contribution in [0.5, 0.6) is 11.5 Å². The highest BCUT2D eigenvalue weighted by Gasteiger charge is 2.40. The van der Waals surface area contributed by atoms with Gasteiger partial charge < -0.3 is 29.3 Å². The Bertz CT molecular complexity index is 1380. The molecule has 0 radical (unpaired) electrons.